The summed E-state index contributed by atoms with van der Waals surface area (Å²) in [7, 11) is 0. The van der Waals surface area contributed by atoms with Gasteiger partial charge in [-0.2, -0.15) is 0 Å². The van der Waals surface area contributed by atoms with E-state index in [0.717, 1.165) is 11.4 Å². The number of aromatic nitrogens is 1. The Morgan fingerprint density at radius 3 is 2.57 bits per heavy atom. The van der Waals surface area contributed by atoms with Crippen LogP contribution in [0.3, 0.4) is 0 Å². The minimum absolute atomic E-state index is 0.104. The van der Waals surface area contributed by atoms with Crippen molar-refractivity contribution < 1.29 is 14.6 Å². The molecule has 5 nitrogen and oxygen atoms in total. The number of anilines is 2. The van der Waals surface area contributed by atoms with Gasteiger partial charge in [0, 0.05) is 16.4 Å². The van der Waals surface area contributed by atoms with Crippen LogP contribution in [0.25, 0.3) is 0 Å². The first kappa shape index (κ1) is 15.3. The van der Waals surface area contributed by atoms with E-state index in [-0.39, 0.29) is 11.7 Å². The molecule has 1 aromatic carbocycles. The van der Waals surface area contributed by atoms with E-state index in [2.05, 4.69) is 26.2 Å². The zero-order chi connectivity index (χ0) is 15.4. The van der Waals surface area contributed by atoms with Crippen LogP contribution in [0.2, 0.25) is 0 Å². The zero-order valence-corrected chi connectivity index (χ0v) is 13.2. The number of pyridine rings is 1. The summed E-state index contributed by atoms with van der Waals surface area (Å²) in [6, 6.07) is 8.78. The summed E-state index contributed by atoms with van der Waals surface area (Å²) in [6.45, 7) is 3.91. The number of rotatable bonds is 5. The molecule has 0 saturated heterocycles. The average molecular weight is 351 g/mol. The predicted molar refractivity (Wildman–Crippen MR) is 84.4 cm³/mol. The van der Waals surface area contributed by atoms with Crippen LogP contribution in [0.5, 0.6) is 5.75 Å². The Balaban J connectivity index is 2.20. The Kier molecular flexibility index (Phi) is 4.80. The maximum absolute atomic E-state index is 11.2. The molecule has 2 N–H and O–H groups in total. The van der Waals surface area contributed by atoms with E-state index in [1.54, 1.807) is 6.20 Å². The number of hydrogen-bond acceptors (Lipinski definition) is 4. The molecule has 0 atom stereocenters. The molecule has 1 aromatic heterocycles. The molecule has 0 radical (unpaired) electrons. The number of benzene rings is 1. The summed E-state index contributed by atoms with van der Waals surface area (Å²) in [5.41, 5.74) is 0.843. The van der Waals surface area contributed by atoms with Gasteiger partial charge in [-0.1, -0.05) is 0 Å². The van der Waals surface area contributed by atoms with Gasteiger partial charge in [0.15, 0.2) is 0 Å². The highest BCUT2D eigenvalue weighted by Gasteiger charge is 2.12. The average Bonchev–Trinajstić information content (AvgIpc) is 2.42. The highest BCUT2D eigenvalue weighted by atomic mass is 79.9. The number of nitrogens with zero attached hydrogens (tertiary/aromatic N) is 1. The summed E-state index contributed by atoms with van der Waals surface area (Å²) < 4.78 is 6.17. The van der Waals surface area contributed by atoms with Crippen LogP contribution >= 0.6 is 15.9 Å². The lowest BCUT2D eigenvalue weighted by Crippen LogP contribution is -2.06. The molecule has 0 unspecified atom stereocenters. The second-order valence-corrected chi connectivity index (χ2v) is 5.59. The summed E-state index contributed by atoms with van der Waals surface area (Å²) in [5.74, 6) is 0.0204. The second-order valence-electron chi connectivity index (χ2n) is 4.67. The van der Waals surface area contributed by atoms with Gasteiger partial charge in [0.25, 0.3) is 0 Å². The van der Waals surface area contributed by atoms with E-state index < -0.39 is 5.97 Å². The van der Waals surface area contributed by atoms with Gasteiger partial charge in [0.05, 0.1) is 6.10 Å². The maximum atomic E-state index is 11.2. The van der Waals surface area contributed by atoms with Crippen LogP contribution in [0.1, 0.15) is 24.2 Å². The molecule has 2 rings (SSSR count). The molecule has 0 bridgehead atoms. The molecule has 110 valence electrons. The molecule has 6 heteroatoms. The molecular formula is C15H15BrN2O3. The highest BCUT2D eigenvalue weighted by molar-refractivity contribution is 9.10. The molecule has 0 amide bonds. The first-order chi connectivity index (χ1) is 9.95. The van der Waals surface area contributed by atoms with Crippen LogP contribution in [0, 0.1) is 0 Å². The van der Waals surface area contributed by atoms with Crippen LogP contribution in [-0.2, 0) is 0 Å². The van der Waals surface area contributed by atoms with Crippen molar-refractivity contribution in [2.75, 3.05) is 5.32 Å². The van der Waals surface area contributed by atoms with Crippen molar-refractivity contribution >= 4 is 33.4 Å². The smallest absolute Gasteiger partial charge is 0.339 e. The Morgan fingerprint density at radius 1 is 1.33 bits per heavy atom. The molecule has 1 heterocycles. The van der Waals surface area contributed by atoms with Crippen LogP contribution in [-0.4, -0.2) is 22.2 Å². The predicted octanol–water partition coefficient (Wildman–Crippen LogP) is 4.07. The third-order valence-corrected chi connectivity index (χ3v) is 3.01. The van der Waals surface area contributed by atoms with E-state index in [4.69, 9.17) is 4.74 Å². The lowest BCUT2D eigenvalue weighted by molar-refractivity contribution is 0.0697. The fourth-order valence-corrected chi connectivity index (χ4v) is 2.06. The van der Waals surface area contributed by atoms with Crippen molar-refractivity contribution in [2.45, 2.75) is 20.0 Å². The molecule has 0 aliphatic heterocycles. The van der Waals surface area contributed by atoms with Crippen molar-refractivity contribution in [1.82, 2.24) is 4.98 Å². The Morgan fingerprint density at radius 2 is 2.00 bits per heavy atom. The Hall–Kier alpha value is -2.08. The number of nitrogens with one attached hydrogen (secondary N) is 1. The van der Waals surface area contributed by atoms with Crippen LogP contribution < -0.4 is 10.1 Å². The van der Waals surface area contributed by atoms with Crippen molar-refractivity contribution in [2.24, 2.45) is 0 Å². The summed E-state index contributed by atoms with van der Waals surface area (Å²) in [6.07, 6.45) is 1.65. The number of ether oxygens (including phenoxy) is 1. The zero-order valence-electron chi connectivity index (χ0n) is 11.6. The quantitative estimate of drug-likeness (QED) is 0.850. The number of carboxylic acids is 1. The summed E-state index contributed by atoms with van der Waals surface area (Å²) >= 11 is 3.21. The number of aromatic carboxylic acids is 1. The van der Waals surface area contributed by atoms with E-state index in [0.29, 0.717) is 10.3 Å². The van der Waals surface area contributed by atoms with E-state index >= 15 is 0 Å². The van der Waals surface area contributed by atoms with Gasteiger partial charge in [-0.3, -0.25) is 0 Å². The lowest BCUT2D eigenvalue weighted by Gasteiger charge is -2.12. The molecule has 21 heavy (non-hydrogen) atoms. The monoisotopic (exact) mass is 350 g/mol. The first-order valence-corrected chi connectivity index (χ1v) is 7.17. The van der Waals surface area contributed by atoms with Gasteiger partial charge < -0.3 is 15.2 Å². The van der Waals surface area contributed by atoms with Gasteiger partial charge in [-0.15, -0.1) is 0 Å². The van der Waals surface area contributed by atoms with Gasteiger partial charge >= 0.3 is 5.97 Å². The van der Waals surface area contributed by atoms with Gasteiger partial charge in [-0.05, 0) is 60.1 Å². The highest BCUT2D eigenvalue weighted by Crippen LogP contribution is 2.23. The van der Waals surface area contributed by atoms with Crippen LogP contribution in [0.15, 0.2) is 41.0 Å². The normalized spacial score (nSPS) is 10.5. The van der Waals surface area contributed by atoms with Crippen LogP contribution in [0.4, 0.5) is 11.5 Å². The van der Waals surface area contributed by atoms with Crippen molar-refractivity contribution in [3.63, 3.8) is 0 Å². The largest absolute Gasteiger partial charge is 0.491 e. The topological polar surface area (TPSA) is 71.5 Å². The minimum atomic E-state index is -1.04. The number of halogens is 1. The third kappa shape index (κ3) is 4.19. The van der Waals surface area contributed by atoms with Crippen molar-refractivity contribution in [3.05, 3.63) is 46.6 Å². The summed E-state index contributed by atoms with van der Waals surface area (Å²) in [5, 5.41) is 12.2. The molecule has 2 aromatic rings. The van der Waals surface area contributed by atoms with Gasteiger partial charge in [-0.25, -0.2) is 9.78 Å². The summed E-state index contributed by atoms with van der Waals surface area (Å²) in [4.78, 5) is 15.3. The fourth-order valence-electron chi connectivity index (χ4n) is 1.73. The maximum Gasteiger partial charge on any atom is 0.339 e. The van der Waals surface area contributed by atoms with Crippen molar-refractivity contribution in [3.8, 4) is 5.75 Å². The fraction of sp³-hybridized carbons (Fsp3) is 0.200. The second kappa shape index (κ2) is 6.58. The number of hydrogen-bond donors (Lipinski definition) is 2. The lowest BCUT2D eigenvalue weighted by atomic mass is 10.2. The van der Waals surface area contributed by atoms with E-state index in [1.807, 2.05) is 38.1 Å². The van der Waals surface area contributed by atoms with E-state index in [1.165, 1.54) is 6.07 Å². The first-order valence-electron chi connectivity index (χ1n) is 6.38. The molecule has 0 aliphatic rings. The number of carboxylic acid groups (broad SMARTS) is 1. The molecular weight excluding hydrogens is 336 g/mol. The number of carbonyl (C=O) groups is 1. The standard InChI is InChI=1S/C15H15BrN2O3/c1-9(2)21-12-5-3-11(4-6-12)18-14-13(15(19)20)7-10(16)8-17-14/h3-9H,1-2H3,(H,17,18)(H,19,20). The van der Waals surface area contributed by atoms with E-state index in [9.17, 15) is 9.90 Å². The Labute approximate surface area is 131 Å². The molecule has 0 fully saturated rings. The molecule has 0 saturated carbocycles. The van der Waals surface area contributed by atoms with Gasteiger partial charge in [0.1, 0.15) is 17.1 Å². The third-order valence-electron chi connectivity index (χ3n) is 2.57. The Bertz CT molecular complexity index is 642. The molecule has 0 aliphatic carbocycles. The SMILES string of the molecule is CC(C)Oc1ccc(Nc2ncc(Br)cc2C(=O)O)cc1. The molecule has 0 spiro atoms. The minimum Gasteiger partial charge on any atom is -0.491 e. The van der Waals surface area contributed by atoms with Gasteiger partial charge in [0.2, 0.25) is 0 Å². The van der Waals surface area contributed by atoms with Crippen molar-refractivity contribution in [1.29, 1.82) is 0 Å².